The van der Waals surface area contributed by atoms with Crippen molar-refractivity contribution in [3.63, 3.8) is 0 Å². The summed E-state index contributed by atoms with van der Waals surface area (Å²) < 4.78 is 5.77. The van der Waals surface area contributed by atoms with Gasteiger partial charge in [-0.3, -0.25) is 19.4 Å². The number of rotatable bonds is 8. The number of carbonyl (C=O) groups excluding carboxylic acids is 3. The number of aliphatic imine (C=N–C) groups is 1. The predicted octanol–water partition coefficient (Wildman–Crippen LogP) is 3.23. The lowest BCUT2D eigenvalue weighted by Crippen LogP contribution is -2.50. The van der Waals surface area contributed by atoms with E-state index in [0.29, 0.717) is 42.4 Å². The highest BCUT2D eigenvalue weighted by atomic mass is 32.1. The Morgan fingerprint density at radius 3 is 2.58 bits per heavy atom. The SMILES string of the molecule is CC12CC(C(=O)NCc3cc4c(s3)C(N)=NCC4)N(C(=O)CNC(=O)c3ccc(Oc4ccccc4)cc3)C1C2. The summed E-state index contributed by atoms with van der Waals surface area (Å²) in [5.41, 5.74) is 7.55. The van der Waals surface area contributed by atoms with Crippen LogP contribution in [0.3, 0.4) is 0 Å². The largest absolute Gasteiger partial charge is 0.457 e. The van der Waals surface area contributed by atoms with Crippen molar-refractivity contribution >= 4 is 34.9 Å². The number of thiophene rings is 1. The number of amidine groups is 1. The number of fused-ring (bicyclic) bond motifs is 2. The van der Waals surface area contributed by atoms with Crippen LogP contribution in [0, 0.1) is 5.41 Å². The van der Waals surface area contributed by atoms with E-state index in [2.05, 4.69) is 28.6 Å². The molecule has 0 spiro atoms. The fourth-order valence-corrected chi connectivity index (χ4v) is 6.71. The smallest absolute Gasteiger partial charge is 0.251 e. The van der Waals surface area contributed by atoms with Gasteiger partial charge >= 0.3 is 0 Å². The van der Waals surface area contributed by atoms with Gasteiger partial charge in [0.05, 0.1) is 18.0 Å². The Morgan fingerprint density at radius 1 is 1.07 bits per heavy atom. The van der Waals surface area contributed by atoms with Gasteiger partial charge in [0.2, 0.25) is 11.8 Å². The Morgan fingerprint density at radius 2 is 1.82 bits per heavy atom. The zero-order valence-electron chi connectivity index (χ0n) is 22.2. The number of nitrogens with zero attached hydrogens (tertiary/aromatic N) is 2. The van der Waals surface area contributed by atoms with Crippen molar-refractivity contribution in [2.75, 3.05) is 13.1 Å². The minimum atomic E-state index is -0.552. The molecule has 3 unspecified atom stereocenters. The number of likely N-dealkylation sites (tertiary alicyclic amines) is 1. The van der Waals surface area contributed by atoms with Crippen molar-refractivity contribution < 1.29 is 19.1 Å². The first-order valence-corrected chi connectivity index (χ1v) is 14.2. The van der Waals surface area contributed by atoms with Crippen molar-refractivity contribution in [1.82, 2.24) is 15.5 Å². The third-order valence-corrected chi connectivity index (χ3v) is 9.11. The fourth-order valence-electron chi connectivity index (χ4n) is 5.64. The van der Waals surface area contributed by atoms with Gasteiger partial charge in [-0.15, -0.1) is 11.3 Å². The Bertz CT molecular complexity index is 1490. The molecule has 3 heterocycles. The molecule has 3 aromatic rings. The van der Waals surface area contributed by atoms with Gasteiger partial charge in [0.1, 0.15) is 23.4 Å². The molecule has 206 valence electrons. The van der Waals surface area contributed by atoms with Gasteiger partial charge in [-0.2, -0.15) is 0 Å². The molecule has 10 heteroatoms. The Hall–Kier alpha value is -4.18. The summed E-state index contributed by atoms with van der Waals surface area (Å²) in [5.74, 6) is 1.09. The van der Waals surface area contributed by atoms with Crippen molar-refractivity contribution in [2.45, 2.75) is 44.8 Å². The van der Waals surface area contributed by atoms with Crippen LogP contribution < -0.4 is 21.1 Å². The fraction of sp³-hybridized carbons (Fsp3) is 0.333. The molecular weight excluding hydrogens is 526 g/mol. The van der Waals surface area contributed by atoms with Crippen LogP contribution >= 0.6 is 11.3 Å². The summed E-state index contributed by atoms with van der Waals surface area (Å²) in [6, 6.07) is 17.7. The number of piperidine rings is 1. The van der Waals surface area contributed by atoms with Crippen molar-refractivity contribution in [3.8, 4) is 11.5 Å². The van der Waals surface area contributed by atoms with E-state index in [1.807, 2.05) is 30.3 Å². The lowest BCUT2D eigenvalue weighted by atomic mass is 10.0. The van der Waals surface area contributed by atoms with E-state index in [4.69, 9.17) is 10.5 Å². The van der Waals surface area contributed by atoms with Gasteiger partial charge in [0, 0.05) is 23.0 Å². The standard InChI is InChI=1S/C30H31N5O4S/c1-30-14-23(29(38)33-16-22-13-19-11-12-32-27(31)26(19)40-22)35(24(30)15-30)25(36)17-34-28(37)18-7-9-21(10-8-18)39-20-5-3-2-4-6-20/h2-10,13,23-24H,11-12,14-17H2,1H3,(H2,31,32)(H,33,38)(H,34,37). The molecule has 1 saturated carbocycles. The lowest BCUT2D eigenvalue weighted by Gasteiger charge is -2.27. The highest BCUT2D eigenvalue weighted by molar-refractivity contribution is 7.14. The maximum absolute atomic E-state index is 13.3. The third-order valence-electron chi connectivity index (χ3n) is 7.91. The average molecular weight is 558 g/mol. The highest BCUT2D eigenvalue weighted by Crippen LogP contribution is 2.59. The molecule has 40 heavy (non-hydrogen) atoms. The summed E-state index contributed by atoms with van der Waals surface area (Å²) in [4.78, 5) is 47.2. The topological polar surface area (TPSA) is 126 Å². The number of nitrogens with one attached hydrogen (secondary N) is 2. The molecule has 2 aliphatic heterocycles. The summed E-state index contributed by atoms with van der Waals surface area (Å²) in [7, 11) is 0. The molecule has 1 saturated heterocycles. The molecule has 1 aliphatic carbocycles. The van der Waals surface area contributed by atoms with Crippen molar-refractivity contribution in [2.24, 2.45) is 16.1 Å². The number of para-hydroxylation sites is 1. The first kappa shape index (κ1) is 26.1. The molecule has 0 radical (unpaired) electrons. The van der Waals surface area contributed by atoms with Gasteiger partial charge in [-0.1, -0.05) is 25.1 Å². The highest BCUT2D eigenvalue weighted by Gasteiger charge is 2.64. The number of ether oxygens (including phenoxy) is 1. The van der Waals surface area contributed by atoms with Crippen molar-refractivity contribution in [3.05, 3.63) is 81.5 Å². The van der Waals surface area contributed by atoms with E-state index in [0.717, 1.165) is 22.6 Å². The maximum atomic E-state index is 13.3. The predicted molar refractivity (Wildman–Crippen MR) is 153 cm³/mol. The molecule has 2 aromatic carbocycles. The number of carbonyl (C=O) groups is 3. The first-order chi connectivity index (χ1) is 19.3. The molecule has 9 nitrogen and oxygen atoms in total. The number of hydrogen-bond donors (Lipinski definition) is 3. The van der Waals surface area contributed by atoms with Crippen LogP contribution in [0.15, 0.2) is 65.7 Å². The molecule has 6 rings (SSSR count). The monoisotopic (exact) mass is 557 g/mol. The average Bonchev–Trinajstić information content (AvgIpc) is 3.28. The maximum Gasteiger partial charge on any atom is 0.251 e. The quantitative estimate of drug-likeness (QED) is 0.392. The minimum Gasteiger partial charge on any atom is -0.457 e. The van der Waals surface area contributed by atoms with E-state index in [1.54, 1.807) is 40.5 Å². The summed E-state index contributed by atoms with van der Waals surface area (Å²) in [6.45, 7) is 3.00. The lowest BCUT2D eigenvalue weighted by molar-refractivity contribution is -0.139. The van der Waals surface area contributed by atoms with Gasteiger partial charge in [0.25, 0.3) is 5.91 Å². The molecule has 3 aliphatic rings. The number of nitrogens with two attached hydrogens (primary N) is 1. The second-order valence-corrected chi connectivity index (χ2v) is 12.0. The zero-order chi connectivity index (χ0) is 27.9. The molecule has 3 amide bonds. The minimum absolute atomic E-state index is 0.0205. The molecule has 0 bridgehead atoms. The van der Waals surface area contributed by atoms with Gasteiger partial charge in [-0.05, 0) is 72.7 Å². The van der Waals surface area contributed by atoms with Crippen LogP contribution in [0.5, 0.6) is 11.5 Å². The molecule has 2 fully saturated rings. The summed E-state index contributed by atoms with van der Waals surface area (Å²) in [5, 5.41) is 5.74. The normalized spacial score (nSPS) is 22.5. The van der Waals surface area contributed by atoms with Crippen LogP contribution in [0.4, 0.5) is 0 Å². The number of amides is 3. The Balaban J connectivity index is 1.04. The molecule has 1 aromatic heterocycles. The Kier molecular flexibility index (Phi) is 6.79. The summed E-state index contributed by atoms with van der Waals surface area (Å²) in [6.07, 6.45) is 2.34. The van der Waals surface area contributed by atoms with Gasteiger partial charge in [0.15, 0.2) is 0 Å². The van der Waals surface area contributed by atoms with Gasteiger partial charge < -0.3 is 26.0 Å². The molecule has 3 atom stereocenters. The molecular formula is C30H31N5O4S. The second-order valence-electron chi connectivity index (χ2n) is 10.8. The van der Waals surface area contributed by atoms with Crippen LogP contribution in [-0.4, -0.2) is 53.6 Å². The van der Waals surface area contributed by atoms with Crippen LogP contribution in [0.2, 0.25) is 0 Å². The number of benzene rings is 2. The Labute approximate surface area is 236 Å². The third kappa shape index (κ3) is 5.19. The molecule has 4 N–H and O–H groups in total. The van der Waals surface area contributed by atoms with E-state index in [9.17, 15) is 14.4 Å². The number of hydrogen-bond acceptors (Lipinski definition) is 7. The van der Waals surface area contributed by atoms with E-state index in [-0.39, 0.29) is 35.7 Å². The van der Waals surface area contributed by atoms with E-state index < -0.39 is 6.04 Å². The van der Waals surface area contributed by atoms with E-state index >= 15 is 0 Å². The second kappa shape index (κ2) is 10.4. The summed E-state index contributed by atoms with van der Waals surface area (Å²) >= 11 is 1.55. The first-order valence-electron chi connectivity index (χ1n) is 13.4. The zero-order valence-corrected chi connectivity index (χ0v) is 23.0. The van der Waals surface area contributed by atoms with Gasteiger partial charge in [-0.25, -0.2) is 0 Å². The van der Waals surface area contributed by atoms with Crippen molar-refractivity contribution in [1.29, 1.82) is 0 Å². The van der Waals surface area contributed by atoms with Crippen LogP contribution in [-0.2, 0) is 22.6 Å². The van der Waals surface area contributed by atoms with Crippen LogP contribution in [0.1, 0.15) is 45.4 Å². The van der Waals surface area contributed by atoms with Crippen LogP contribution in [0.25, 0.3) is 0 Å². The van der Waals surface area contributed by atoms with E-state index in [1.165, 1.54) is 5.56 Å².